The number of halogens is 1. The molecule has 2 aromatic carbocycles. The molecule has 160 valence electrons. The van der Waals surface area contributed by atoms with Crippen molar-refractivity contribution >= 4 is 11.7 Å². The number of methoxy groups -OCH3 is 1. The smallest absolute Gasteiger partial charge is 0.251 e. The molecule has 1 aliphatic rings. The Morgan fingerprint density at radius 1 is 1.13 bits per heavy atom. The van der Waals surface area contributed by atoms with Gasteiger partial charge in [-0.25, -0.2) is 4.39 Å². The zero-order valence-electron chi connectivity index (χ0n) is 17.6. The second kappa shape index (κ2) is 10.5. The molecule has 6 heteroatoms. The fourth-order valence-corrected chi connectivity index (χ4v) is 3.80. The van der Waals surface area contributed by atoms with Crippen LogP contribution in [0.25, 0.3) is 0 Å². The lowest BCUT2D eigenvalue weighted by Crippen LogP contribution is -2.40. The van der Waals surface area contributed by atoms with Crippen molar-refractivity contribution in [2.24, 2.45) is 5.92 Å². The third-order valence-corrected chi connectivity index (χ3v) is 5.79. The van der Waals surface area contributed by atoms with Gasteiger partial charge in [0.25, 0.3) is 5.91 Å². The summed E-state index contributed by atoms with van der Waals surface area (Å²) in [5, 5.41) is 3.06. The van der Waals surface area contributed by atoms with Crippen molar-refractivity contribution < 1.29 is 18.7 Å². The van der Waals surface area contributed by atoms with E-state index in [0.29, 0.717) is 30.1 Å². The molecule has 2 aromatic rings. The van der Waals surface area contributed by atoms with Gasteiger partial charge < -0.3 is 10.1 Å². The summed E-state index contributed by atoms with van der Waals surface area (Å²) in [5.74, 6) is -0.0270. The SMILES string of the molecule is COC(C)c1ccccc1C(=O)NCC1CCN(CC(=O)c2ccc(F)cc2)CC1. The van der Waals surface area contributed by atoms with Crippen LogP contribution in [0.1, 0.15) is 52.1 Å². The predicted molar refractivity (Wildman–Crippen MR) is 114 cm³/mol. The van der Waals surface area contributed by atoms with Crippen molar-refractivity contribution in [3.8, 4) is 0 Å². The summed E-state index contributed by atoms with van der Waals surface area (Å²) in [4.78, 5) is 27.2. The summed E-state index contributed by atoms with van der Waals surface area (Å²) in [7, 11) is 1.63. The molecule has 1 atom stereocenters. The lowest BCUT2D eigenvalue weighted by atomic mass is 9.96. The summed E-state index contributed by atoms with van der Waals surface area (Å²) in [6.45, 7) is 4.51. The van der Waals surface area contributed by atoms with Crippen LogP contribution >= 0.6 is 0 Å². The highest BCUT2D eigenvalue weighted by Gasteiger charge is 2.22. The van der Waals surface area contributed by atoms with Crippen LogP contribution in [0.15, 0.2) is 48.5 Å². The second-order valence-electron chi connectivity index (χ2n) is 7.82. The van der Waals surface area contributed by atoms with Gasteiger partial charge in [-0.2, -0.15) is 0 Å². The molecule has 5 nitrogen and oxygen atoms in total. The monoisotopic (exact) mass is 412 g/mol. The Kier molecular flexibility index (Phi) is 7.71. The maximum Gasteiger partial charge on any atom is 0.251 e. The van der Waals surface area contributed by atoms with Crippen LogP contribution in [0, 0.1) is 11.7 Å². The molecular formula is C24H29FN2O3. The number of ether oxygens (including phenoxy) is 1. The van der Waals surface area contributed by atoms with Crippen molar-refractivity contribution in [2.45, 2.75) is 25.9 Å². The van der Waals surface area contributed by atoms with Crippen LogP contribution in [-0.4, -0.2) is 49.9 Å². The van der Waals surface area contributed by atoms with E-state index >= 15 is 0 Å². The third kappa shape index (κ3) is 5.74. The fourth-order valence-electron chi connectivity index (χ4n) is 3.80. The summed E-state index contributed by atoms with van der Waals surface area (Å²) < 4.78 is 18.4. The number of likely N-dealkylation sites (tertiary alicyclic amines) is 1. The number of Topliss-reactive ketones (excluding diaryl/α,β-unsaturated/α-hetero) is 1. The highest BCUT2D eigenvalue weighted by Crippen LogP contribution is 2.21. The Labute approximate surface area is 177 Å². The number of ketones is 1. The standard InChI is InChI=1S/C24H29FN2O3/c1-17(30-2)21-5-3-4-6-22(21)24(29)26-15-18-11-13-27(14-12-18)16-23(28)19-7-9-20(25)10-8-19/h3-10,17-18H,11-16H2,1-2H3,(H,26,29). The van der Waals surface area contributed by atoms with Gasteiger partial charge in [-0.05, 0) is 74.7 Å². The largest absolute Gasteiger partial charge is 0.377 e. The number of hydrogen-bond donors (Lipinski definition) is 1. The minimum Gasteiger partial charge on any atom is -0.377 e. The molecule has 0 aromatic heterocycles. The molecule has 3 rings (SSSR count). The molecule has 0 radical (unpaired) electrons. The van der Waals surface area contributed by atoms with E-state index < -0.39 is 0 Å². The second-order valence-corrected chi connectivity index (χ2v) is 7.82. The van der Waals surface area contributed by atoms with E-state index in [4.69, 9.17) is 4.74 Å². The van der Waals surface area contributed by atoms with Crippen LogP contribution in [0.4, 0.5) is 4.39 Å². The molecule has 1 saturated heterocycles. The quantitative estimate of drug-likeness (QED) is 0.669. The number of hydrogen-bond acceptors (Lipinski definition) is 4. The zero-order valence-corrected chi connectivity index (χ0v) is 17.6. The average Bonchev–Trinajstić information content (AvgIpc) is 2.78. The first-order valence-electron chi connectivity index (χ1n) is 10.4. The van der Waals surface area contributed by atoms with Crippen molar-refractivity contribution in [1.29, 1.82) is 0 Å². The Morgan fingerprint density at radius 3 is 2.47 bits per heavy atom. The summed E-state index contributed by atoms with van der Waals surface area (Å²) in [5.41, 5.74) is 2.07. The van der Waals surface area contributed by atoms with Crippen LogP contribution in [0.5, 0.6) is 0 Å². The molecule has 0 saturated carbocycles. The molecule has 0 bridgehead atoms. The molecule has 1 fully saturated rings. The van der Waals surface area contributed by atoms with E-state index in [9.17, 15) is 14.0 Å². The first-order chi connectivity index (χ1) is 14.5. The van der Waals surface area contributed by atoms with E-state index in [0.717, 1.165) is 31.5 Å². The summed E-state index contributed by atoms with van der Waals surface area (Å²) >= 11 is 0. The predicted octanol–water partition coefficient (Wildman–Crippen LogP) is 3.86. The van der Waals surface area contributed by atoms with Crippen LogP contribution in [0.2, 0.25) is 0 Å². The lowest BCUT2D eigenvalue weighted by Gasteiger charge is -2.31. The van der Waals surface area contributed by atoms with E-state index in [-0.39, 0.29) is 23.6 Å². The molecule has 1 unspecified atom stereocenters. The topological polar surface area (TPSA) is 58.6 Å². The number of nitrogens with one attached hydrogen (secondary N) is 1. The first kappa shape index (κ1) is 22.1. The Balaban J connectivity index is 1.46. The van der Waals surface area contributed by atoms with Gasteiger partial charge in [0.2, 0.25) is 0 Å². The van der Waals surface area contributed by atoms with Crippen LogP contribution < -0.4 is 5.32 Å². The van der Waals surface area contributed by atoms with E-state index in [2.05, 4.69) is 10.2 Å². The number of carbonyl (C=O) groups is 2. The van der Waals surface area contributed by atoms with E-state index in [1.165, 1.54) is 24.3 Å². The number of rotatable bonds is 8. The molecule has 0 spiro atoms. The number of piperidine rings is 1. The highest BCUT2D eigenvalue weighted by atomic mass is 19.1. The Morgan fingerprint density at radius 2 is 1.80 bits per heavy atom. The van der Waals surface area contributed by atoms with Crippen molar-refractivity contribution in [3.05, 3.63) is 71.0 Å². The molecule has 1 aliphatic heterocycles. The van der Waals surface area contributed by atoms with Gasteiger partial charge in [0.1, 0.15) is 5.82 Å². The summed E-state index contributed by atoms with van der Waals surface area (Å²) in [6.07, 6.45) is 1.70. The van der Waals surface area contributed by atoms with E-state index in [1.807, 2.05) is 31.2 Å². The zero-order chi connectivity index (χ0) is 21.5. The number of amides is 1. The third-order valence-electron chi connectivity index (χ3n) is 5.79. The number of benzene rings is 2. The number of carbonyl (C=O) groups excluding carboxylic acids is 2. The molecule has 1 heterocycles. The molecule has 30 heavy (non-hydrogen) atoms. The van der Waals surface area contributed by atoms with Gasteiger partial charge in [0.15, 0.2) is 5.78 Å². The van der Waals surface area contributed by atoms with Crippen molar-refractivity contribution in [1.82, 2.24) is 10.2 Å². The summed E-state index contributed by atoms with van der Waals surface area (Å²) in [6, 6.07) is 13.2. The first-order valence-corrected chi connectivity index (χ1v) is 10.4. The minimum absolute atomic E-state index is 0.00521. The van der Waals surface area contributed by atoms with Gasteiger partial charge in [0.05, 0.1) is 12.6 Å². The van der Waals surface area contributed by atoms with Gasteiger partial charge in [-0.1, -0.05) is 18.2 Å². The molecule has 1 N–H and O–H groups in total. The minimum atomic E-state index is -0.339. The van der Waals surface area contributed by atoms with E-state index in [1.54, 1.807) is 7.11 Å². The van der Waals surface area contributed by atoms with Crippen LogP contribution in [-0.2, 0) is 4.74 Å². The van der Waals surface area contributed by atoms with Gasteiger partial charge in [-0.3, -0.25) is 14.5 Å². The maximum atomic E-state index is 13.0. The van der Waals surface area contributed by atoms with Crippen LogP contribution in [0.3, 0.4) is 0 Å². The molecule has 0 aliphatic carbocycles. The average molecular weight is 413 g/mol. The lowest BCUT2D eigenvalue weighted by molar-refractivity contribution is 0.0883. The maximum absolute atomic E-state index is 13.0. The molecule has 1 amide bonds. The van der Waals surface area contributed by atoms with Crippen molar-refractivity contribution in [3.63, 3.8) is 0 Å². The normalized spacial score (nSPS) is 16.2. The van der Waals surface area contributed by atoms with Crippen molar-refractivity contribution in [2.75, 3.05) is 33.3 Å². The molecular weight excluding hydrogens is 383 g/mol. The highest BCUT2D eigenvalue weighted by molar-refractivity contribution is 5.97. The van der Waals surface area contributed by atoms with Gasteiger partial charge in [0, 0.05) is 24.8 Å². The van der Waals surface area contributed by atoms with Gasteiger partial charge in [-0.15, -0.1) is 0 Å². The van der Waals surface area contributed by atoms with Gasteiger partial charge >= 0.3 is 0 Å². The Hall–Kier alpha value is -2.57. The Bertz CT molecular complexity index is 861. The number of nitrogens with zero attached hydrogens (tertiary/aromatic N) is 1. The fraction of sp³-hybridized carbons (Fsp3) is 0.417.